The summed E-state index contributed by atoms with van der Waals surface area (Å²) in [6, 6.07) is 21.4. The zero-order valence-corrected chi connectivity index (χ0v) is 15.1. The summed E-state index contributed by atoms with van der Waals surface area (Å²) < 4.78 is 0. The molecule has 29 heavy (non-hydrogen) atoms. The second kappa shape index (κ2) is 7.73. The number of aromatic amines is 1. The number of nitrogens with zero attached hydrogens (tertiary/aromatic N) is 3. The Hall–Kier alpha value is -4.33. The van der Waals surface area contributed by atoms with Crippen LogP contribution < -0.4 is 5.43 Å². The van der Waals surface area contributed by atoms with Crippen molar-refractivity contribution in [3.05, 3.63) is 94.2 Å². The fourth-order valence-corrected chi connectivity index (χ4v) is 2.93. The van der Waals surface area contributed by atoms with E-state index in [0.29, 0.717) is 11.3 Å². The van der Waals surface area contributed by atoms with Crippen molar-refractivity contribution in [3.8, 4) is 11.3 Å². The zero-order chi connectivity index (χ0) is 20.2. The number of nitrogens with one attached hydrogen (secondary N) is 2. The van der Waals surface area contributed by atoms with Crippen LogP contribution in [0.1, 0.15) is 16.1 Å². The largest absolute Gasteiger partial charge is 0.289 e. The van der Waals surface area contributed by atoms with Crippen LogP contribution in [0.2, 0.25) is 0 Å². The van der Waals surface area contributed by atoms with E-state index in [1.165, 1.54) is 18.3 Å². The molecule has 4 aromatic rings. The molecule has 142 valence electrons. The van der Waals surface area contributed by atoms with Gasteiger partial charge in [0.15, 0.2) is 0 Å². The van der Waals surface area contributed by atoms with E-state index in [9.17, 15) is 14.9 Å². The van der Waals surface area contributed by atoms with E-state index in [0.717, 1.165) is 16.3 Å². The Labute approximate surface area is 165 Å². The lowest BCUT2D eigenvalue weighted by Gasteiger charge is -2.02. The minimum absolute atomic E-state index is 0.00962. The SMILES string of the molecule is O=C(N/N=C\c1ccc([N+](=O)[O-])cc1)c1cc(-c2cccc3ccccc23)n[nH]1. The molecule has 0 unspecified atom stereocenters. The van der Waals surface area contributed by atoms with Crippen molar-refractivity contribution >= 4 is 28.6 Å². The molecule has 2 N–H and O–H groups in total. The fourth-order valence-electron chi connectivity index (χ4n) is 2.93. The Morgan fingerprint density at radius 1 is 1.07 bits per heavy atom. The number of non-ortho nitro benzene ring substituents is 1. The number of fused-ring (bicyclic) bond motifs is 1. The van der Waals surface area contributed by atoms with Crippen LogP contribution in [-0.4, -0.2) is 27.2 Å². The van der Waals surface area contributed by atoms with Gasteiger partial charge in [-0.2, -0.15) is 10.2 Å². The molecule has 3 aromatic carbocycles. The molecule has 8 heteroatoms. The first-order chi connectivity index (χ1) is 14.1. The van der Waals surface area contributed by atoms with Gasteiger partial charge in [-0.15, -0.1) is 0 Å². The summed E-state index contributed by atoms with van der Waals surface area (Å²) in [5.41, 5.74) is 4.88. The van der Waals surface area contributed by atoms with Crippen LogP contribution >= 0.6 is 0 Å². The van der Waals surface area contributed by atoms with Crippen LogP contribution in [0.3, 0.4) is 0 Å². The molecule has 4 rings (SSSR count). The molecule has 0 spiro atoms. The van der Waals surface area contributed by atoms with Crippen LogP contribution in [0.5, 0.6) is 0 Å². The Kier molecular flexibility index (Phi) is 4.81. The van der Waals surface area contributed by atoms with E-state index < -0.39 is 10.8 Å². The number of amides is 1. The molecular weight excluding hydrogens is 370 g/mol. The third-order valence-electron chi connectivity index (χ3n) is 4.37. The number of benzene rings is 3. The molecular formula is C21H15N5O3. The van der Waals surface area contributed by atoms with E-state index in [2.05, 4.69) is 20.7 Å². The maximum atomic E-state index is 12.3. The second-order valence-electron chi connectivity index (χ2n) is 6.24. The second-order valence-corrected chi connectivity index (χ2v) is 6.24. The normalized spacial score (nSPS) is 11.0. The smallest absolute Gasteiger partial charge is 0.272 e. The summed E-state index contributed by atoms with van der Waals surface area (Å²) in [5.74, 6) is -0.442. The summed E-state index contributed by atoms with van der Waals surface area (Å²) in [6.07, 6.45) is 1.41. The Morgan fingerprint density at radius 3 is 2.62 bits per heavy atom. The lowest BCUT2D eigenvalue weighted by molar-refractivity contribution is -0.384. The molecule has 0 aliphatic rings. The number of nitro benzene ring substituents is 1. The minimum Gasteiger partial charge on any atom is -0.272 e. The molecule has 0 aliphatic carbocycles. The standard InChI is InChI=1S/C21H15N5O3/c27-21(25-22-13-14-8-10-16(11-9-14)26(28)29)20-12-19(23-24-20)18-7-3-5-15-4-1-2-6-17(15)18/h1-13H,(H,23,24)(H,25,27)/b22-13-. The van der Waals surface area contributed by atoms with Gasteiger partial charge in [0.1, 0.15) is 5.69 Å². The predicted octanol–water partition coefficient (Wildman–Crippen LogP) is 3.90. The number of hydrazone groups is 1. The van der Waals surface area contributed by atoms with Crippen LogP contribution in [0.4, 0.5) is 5.69 Å². The van der Waals surface area contributed by atoms with E-state index in [1.54, 1.807) is 18.2 Å². The van der Waals surface area contributed by atoms with Crippen molar-refractivity contribution in [1.82, 2.24) is 15.6 Å². The number of carbonyl (C=O) groups is 1. The predicted molar refractivity (Wildman–Crippen MR) is 110 cm³/mol. The molecule has 0 aliphatic heterocycles. The first-order valence-corrected chi connectivity index (χ1v) is 8.73. The lowest BCUT2D eigenvalue weighted by atomic mass is 10.0. The monoisotopic (exact) mass is 385 g/mol. The van der Waals surface area contributed by atoms with Gasteiger partial charge in [0.05, 0.1) is 16.8 Å². The number of H-pyrrole nitrogens is 1. The van der Waals surface area contributed by atoms with E-state index in [-0.39, 0.29) is 11.4 Å². The highest BCUT2D eigenvalue weighted by Crippen LogP contribution is 2.27. The van der Waals surface area contributed by atoms with Gasteiger partial charge < -0.3 is 0 Å². The average molecular weight is 385 g/mol. The minimum atomic E-state index is -0.478. The molecule has 1 amide bonds. The van der Waals surface area contributed by atoms with E-state index in [1.807, 2.05) is 42.5 Å². The Balaban J connectivity index is 1.48. The van der Waals surface area contributed by atoms with Crippen molar-refractivity contribution in [2.45, 2.75) is 0 Å². The third kappa shape index (κ3) is 3.86. The van der Waals surface area contributed by atoms with Crippen molar-refractivity contribution in [2.24, 2.45) is 5.10 Å². The van der Waals surface area contributed by atoms with Crippen molar-refractivity contribution < 1.29 is 9.72 Å². The Bertz CT molecular complexity index is 1220. The maximum Gasteiger partial charge on any atom is 0.289 e. The topological polar surface area (TPSA) is 113 Å². The van der Waals surface area contributed by atoms with Crippen LogP contribution in [0.25, 0.3) is 22.0 Å². The third-order valence-corrected chi connectivity index (χ3v) is 4.37. The van der Waals surface area contributed by atoms with Gasteiger partial charge in [0, 0.05) is 17.7 Å². The van der Waals surface area contributed by atoms with Crippen molar-refractivity contribution in [3.63, 3.8) is 0 Å². The number of hydrogen-bond acceptors (Lipinski definition) is 5. The highest BCUT2D eigenvalue weighted by atomic mass is 16.6. The van der Waals surface area contributed by atoms with Gasteiger partial charge in [0.2, 0.25) is 0 Å². The highest BCUT2D eigenvalue weighted by Gasteiger charge is 2.12. The first kappa shape index (κ1) is 18.1. The number of nitro groups is 1. The van der Waals surface area contributed by atoms with Crippen molar-refractivity contribution in [1.29, 1.82) is 0 Å². The summed E-state index contributed by atoms with van der Waals surface area (Å²) in [6.45, 7) is 0. The van der Waals surface area contributed by atoms with Crippen LogP contribution in [0.15, 0.2) is 77.9 Å². The van der Waals surface area contributed by atoms with Gasteiger partial charge in [-0.1, -0.05) is 42.5 Å². The molecule has 0 atom stereocenters. The molecule has 0 saturated carbocycles. The molecule has 1 aromatic heterocycles. The highest BCUT2D eigenvalue weighted by molar-refractivity contribution is 5.98. The molecule has 8 nitrogen and oxygen atoms in total. The van der Waals surface area contributed by atoms with E-state index in [4.69, 9.17) is 0 Å². The van der Waals surface area contributed by atoms with Gasteiger partial charge in [0.25, 0.3) is 11.6 Å². The van der Waals surface area contributed by atoms with Crippen LogP contribution in [0, 0.1) is 10.1 Å². The molecule has 0 bridgehead atoms. The molecule has 0 saturated heterocycles. The van der Waals surface area contributed by atoms with Gasteiger partial charge in [-0.05, 0) is 34.5 Å². The fraction of sp³-hybridized carbons (Fsp3) is 0. The number of aromatic nitrogens is 2. The number of rotatable bonds is 5. The number of carbonyl (C=O) groups excluding carboxylic acids is 1. The molecule has 0 fully saturated rings. The van der Waals surface area contributed by atoms with Gasteiger partial charge in [-0.25, -0.2) is 5.43 Å². The molecule has 0 radical (unpaired) electrons. The first-order valence-electron chi connectivity index (χ1n) is 8.73. The van der Waals surface area contributed by atoms with Gasteiger partial charge in [-0.3, -0.25) is 20.0 Å². The Morgan fingerprint density at radius 2 is 1.83 bits per heavy atom. The number of hydrogen-bond donors (Lipinski definition) is 2. The average Bonchev–Trinajstić information content (AvgIpc) is 3.24. The molecule has 1 heterocycles. The lowest BCUT2D eigenvalue weighted by Crippen LogP contribution is -2.17. The van der Waals surface area contributed by atoms with Crippen LogP contribution in [-0.2, 0) is 0 Å². The van der Waals surface area contributed by atoms with Crippen molar-refractivity contribution in [2.75, 3.05) is 0 Å². The maximum absolute atomic E-state index is 12.3. The van der Waals surface area contributed by atoms with Gasteiger partial charge >= 0.3 is 0 Å². The summed E-state index contributed by atoms with van der Waals surface area (Å²) in [5, 5.41) is 23.6. The quantitative estimate of drug-likeness (QED) is 0.308. The zero-order valence-electron chi connectivity index (χ0n) is 15.1. The summed E-state index contributed by atoms with van der Waals surface area (Å²) in [4.78, 5) is 22.5. The summed E-state index contributed by atoms with van der Waals surface area (Å²) in [7, 11) is 0. The summed E-state index contributed by atoms with van der Waals surface area (Å²) >= 11 is 0. The van der Waals surface area contributed by atoms with E-state index >= 15 is 0 Å².